The minimum atomic E-state index is -1.14. The first-order valence-electron chi connectivity index (χ1n) is 4.62. The smallest absolute Gasteiger partial charge is 0.375 e. The van der Waals surface area contributed by atoms with Gasteiger partial charge in [-0.3, -0.25) is 0 Å². The van der Waals surface area contributed by atoms with Gasteiger partial charge in [-0.1, -0.05) is 13.3 Å². The Bertz CT molecular complexity index is 328. The lowest BCUT2D eigenvalue weighted by molar-refractivity contribution is -0.147. The Labute approximate surface area is 86.6 Å². The molecule has 1 N–H and O–H groups in total. The van der Waals surface area contributed by atoms with Crippen molar-refractivity contribution in [2.24, 2.45) is 0 Å². The van der Waals surface area contributed by atoms with Crippen LogP contribution in [0.25, 0.3) is 0 Å². The maximum absolute atomic E-state index is 11.3. The van der Waals surface area contributed by atoms with Crippen LogP contribution in [0.4, 0.5) is 0 Å². The number of hydrogen-bond acceptors (Lipinski definition) is 4. The lowest BCUT2D eigenvalue weighted by Crippen LogP contribution is -2.26. The monoisotopic (exact) mass is 212 g/mol. The quantitative estimate of drug-likeness (QED) is 0.751. The number of carbonyl (C=O) groups is 2. The van der Waals surface area contributed by atoms with Crippen molar-refractivity contribution in [3.8, 4) is 0 Å². The summed E-state index contributed by atoms with van der Waals surface area (Å²) in [5.74, 6) is -1.88. The fourth-order valence-electron chi connectivity index (χ4n) is 1.08. The number of hydrogen-bond donors (Lipinski definition) is 1. The van der Waals surface area contributed by atoms with E-state index in [0.717, 1.165) is 0 Å². The second-order valence-electron chi connectivity index (χ2n) is 3.00. The molecule has 1 heterocycles. The second kappa shape index (κ2) is 5.19. The van der Waals surface area contributed by atoms with Gasteiger partial charge in [0.1, 0.15) is 0 Å². The third-order valence-electron chi connectivity index (χ3n) is 1.80. The molecule has 15 heavy (non-hydrogen) atoms. The zero-order chi connectivity index (χ0) is 11.3. The lowest BCUT2D eigenvalue weighted by atomic mass is 10.2. The normalized spacial score (nSPS) is 12.1. The maximum atomic E-state index is 11.3. The van der Waals surface area contributed by atoms with Gasteiger partial charge in [0.25, 0.3) is 0 Å². The molecule has 0 fully saturated rings. The number of aliphatic carboxylic acids is 1. The molecule has 1 rings (SSSR count). The van der Waals surface area contributed by atoms with Crippen LogP contribution in [0.1, 0.15) is 30.3 Å². The highest BCUT2D eigenvalue weighted by Gasteiger charge is 2.23. The summed E-state index contributed by atoms with van der Waals surface area (Å²) >= 11 is 0. The molecule has 0 spiro atoms. The summed E-state index contributed by atoms with van der Waals surface area (Å²) in [7, 11) is 0. The minimum Gasteiger partial charge on any atom is -0.479 e. The zero-order valence-corrected chi connectivity index (χ0v) is 8.30. The van der Waals surface area contributed by atoms with Gasteiger partial charge in [-0.15, -0.1) is 0 Å². The van der Waals surface area contributed by atoms with E-state index in [0.29, 0.717) is 12.8 Å². The molecule has 0 aliphatic rings. The first-order chi connectivity index (χ1) is 7.15. The summed E-state index contributed by atoms with van der Waals surface area (Å²) in [5, 5.41) is 8.74. The Morgan fingerprint density at radius 2 is 2.33 bits per heavy atom. The van der Waals surface area contributed by atoms with E-state index in [1.165, 1.54) is 18.4 Å². The van der Waals surface area contributed by atoms with Gasteiger partial charge in [-0.25, -0.2) is 9.59 Å². The molecule has 0 saturated heterocycles. The number of carboxylic acid groups (broad SMARTS) is 1. The summed E-state index contributed by atoms with van der Waals surface area (Å²) in [4.78, 5) is 22.0. The lowest BCUT2D eigenvalue weighted by Gasteiger charge is -2.11. The third kappa shape index (κ3) is 3.12. The van der Waals surface area contributed by atoms with Crippen molar-refractivity contribution in [1.82, 2.24) is 0 Å². The van der Waals surface area contributed by atoms with Crippen molar-refractivity contribution in [2.75, 3.05) is 0 Å². The highest BCUT2D eigenvalue weighted by molar-refractivity contribution is 5.88. The van der Waals surface area contributed by atoms with Crippen molar-refractivity contribution in [1.29, 1.82) is 0 Å². The van der Waals surface area contributed by atoms with Crippen LogP contribution >= 0.6 is 0 Å². The molecule has 0 aliphatic carbocycles. The summed E-state index contributed by atoms with van der Waals surface area (Å²) in [6, 6.07) is 2.96. The van der Waals surface area contributed by atoms with Crippen molar-refractivity contribution < 1.29 is 23.8 Å². The molecule has 0 amide bonds. The Balaban J connectivity index is 2.59. The van der Waals surface area contributed by atoms with E-state index >= 15 is 0 Å². The van der Waals surface area contributed by atoms with E-state index in [1.54, 1.807) is 0 Å². The Hall–Kier alpha value is -1.78. The Morgan fingerprint density at radius 1 is 1.60 bits per heavy atom. The first-order valence-corrected chi connectivity index (χ1v) is 4.62. The highest BCUT2D eigenvalue weighted by Crippen LogP contribution is 2.08. The van der Waals surface area contributed by atoms with Gasteiger partial charge < -0.3 is 14.3 Å². The molecule has 0 aliphatic heterocycles. The number of esters is 1. The fourth-order valence-corrected chi connectivity index (χ4v) is 1.08. The molecule has 5 heteroatoms. The van der Waals surface area contributed by atoms with Crippen molar-refractivity contribution >= 4 is 11.9 Å². The molecule has 1 unspecified atom stereocenters. The van der Waals surface area contributed by atoms with Crippen molar-refractivity contribution in [3.63, 3.8) is 0 Å². The van der Waals surface area contributed by atoms with Crippen LogP contribution < -0.4 is 0 Å². The van der Waals surface area contributed by atoms with E-state index in [9.17, 15) is 9.59 Å². The second-order valence-corrected chi connectivity index (χ2v) is 3.00. The van der Waals surface area contributed by atoms with E-state index in [4.69, 9.17) is 14.3 Å². The minimum absolute atomic E-state index is 0.0114. The molecule has 0 radical (unpaired) electrons. The fraction of sp³-hybridized carbons (Fsp3) is 0.400. The molecule has 0 bridgehead atoms. The van der Waals surface area contributed by atoms with Gasteiger partial charge in [0, 0.05) is 0 Å². The molecule has 0 saturated carbocycles. The van der Waals surface area contributed by atoms with Crippen LogP contribution in [0.2, 0.25) is 0 Å². The summed E-state index contributed by atoms with van der Waals surface area (Å²) in [6.45, 7) is 1.82. The van der Waals surface area contributed by atoms with Gasteiger partial charge in [0.15, 0.2) is 6.10 Å². The predicted octanol–water partition coefficient (Wildman–Crippen LogP) is 1.69. The van der Waals surface area contributed by atoms with E-state index in [2.05, 4.69) is 0 Å². The standard InChI is InChI=1S/C10H12O5/c1-2-4-7(9(11)12)15-10(13)8-5-3-6-14-8/h3,5-7H,2,4H2,1H3,(H,11,12). The van der Waals surface area contributed by atoms with E-state index in [1.807, 2.05) is 6.92 Å². The predicted molar refractivity (Wildman–Crippen MR) is 50.5 cm³/mol. The zero-order valence-electron chi connectivity index (χ0n) is 8.30. The van der Waals surface area contributed by atoms with Crippen LogP contribution in [0, 0.1) is 0 Å². The van der Waals surface area contributed by atoms with Gasteiger partial charge in [0.05, 0.1) is 6.26 Å². The van der Waals surface area contributed by atoms with Gasteiger partial charge in [0.2, 0.25) is 5.76 Å². The Morgan fingerprint density at radius 3 is 2.80 bits per heavy atom. The van der Waals surface area contributed by atoms with Crippen LogP contribution in [-0.4, -0.2) is 23.1 Å². The van der Waals surface area contributed by atoms with Gasteiger partial charge in [-0.05, 0) is 18.6 Å². The molecule has 0 aromatic carbocycles. The summed E-state index contributed by atoms with van der Waals surface area (Å²) in [5.41, 5.74) is 0. The molecule has 1 atom stereocenters. The largest absolute Gasteiger partial charge is 0.479 e. The molecule has 1 aromatic rings. The van der Waals surface area contributed by atoms with E-state index in [-0.39, 0.29) is 5.76 Å². The van der Waals surface area contributed by atoms with Crippen LogP contribution in [0.15, 0.2) is 22.8 Å². The SMILES string of the molecule is CCCC(OC(=O)c1ccco1)C(=O)O. The molecule has 5 nitrogen and oxygen atoms in total. The Kier molecular flexibility index (Phi) is 3.91. The van der Waals surface area contributed by atoms with Gasteiger partial charge in [-0.2, -0.15) is 0 Å². The number of furan rings is 1. The molecular weight excluding hydrogens is 200 g/mol. The third-order valence-corrected chi connectivity index (χ3v) is 1.80. The van der Waals surface area contributed by atoms with Crippen LogP contribution in [0.5, 0.6) is 0 Å². The molecule has 1 aromatic heterocycles. The maximum Gasteiger partial charge on any atom is 0.375 e. The van der Waals surface area contributed by atoms with Crippen LogP contribution in [0.3, 0.4) is 0 Å². The molecular formula is C10H12O5. The summed E-state index contributed by atoms with van der Waals surface area (Å²) in [6.07, 6.45) is 1.14. The highest BCUT2D eigenvalue weighted by atomic mass is 16.6. The van der Waals surface area contributed by atoms with Crippen molar-refractivity contribution in [2.45, 2.75) is 25.9 Å². The van der Waals surface area contributed by atoms with Crippen LogP contribution in [-0.2, 0) is 9.53 Å². The number of rotatable bonds is 5. The average Bonchev–Trinajstić information content (AvgIpc) is 2.69. The van der Waals surface area contributed by atoms with Crippen molar-refractivity contribution in [3.05, 3.63) is 24.2 Å². The van der Waals surface area contributed by atoms with Gasteiger partial charge >= 0.3 is 11.9 Å². The number of carboxylic acids is 1. The average molecular weight is 212 g/mol. The number of ether oxygens (including phenoxy) is 1. The topological polar surface area (TPSA) is 76.7 Å². The summed E-state index contributed by atoms with van der Waals surface area (Å²) < 4.78 is 9.55. The molecule has 82 valence electrons. The number of carbonyl (C=O) groups excluding carboxylic acids is 1. The first kappa shape index (κ1) is 11.3. The van der Waals surface area contributed by atoms with E-state index < -0.39 is 18.0 Å².